The van der Waals surface area contributed by atoms with Crippen LogP contribution in [0.25, 0.3) is 0 Å². The van der Waals surface area contributed by atoms with Gasteiger partial charge in [-0.15, -0.1) is 0 Å². The number of nitrogens with zero attached hydrogens (tertiary/aromatic N) is 3. The van der Waals surface area contributed by atoms with Crippen LogP contribution in [0.3, 0.4) is 0 Å². The first-order chi connectivity index (χ1) is 17.9. The van der Waals surface area contributed by atoms with Crippen LogP contribution in [0.2, 0.25) is 5.02 Å². The molecule has 0 bridgehead atoms. The number of aromatic nitrogens is 1. The molecule has 4 heterocycles. The van der Waals surface area contributed by atoms with E-state index in [2.05, 4.69) is 53.8 Å². The van der Waals surface area contributed by atoms with Crippen molar-refractivity contribution < 1.29 is 14.3 Å². The van der Waals surface area contributed by atoms with E-state index in [1.165, 1.54) is 22.4 Å². The molecule has 37 heavy (non-hydrogen) atoms. The fourth-order valence-corrected chi connectivity index (χ4v) is 8.14. The summed E-state index contributed by atoms with van der Waals surface area (Å²) in [6.07, 6.45) is 7.42. The fourth-order valence-electron chi connectivity index (χ4n) is 6.64. The SMILES string of the molecule is O=C(CN1CCC2(CC1)OCCO2)N1CCC([C@H]2c3ncc(Br)cc3CCc3cc(Cl)cc(Br)c32)CC1. The van der Waals surface area contributed by atoms with Crippen molar-refractivity contribution in [3.05, 3.63) is 60.7 Å². The lowest BCUT2D eigenvalue weighted by molar-refractivity contribution is -0.186. The van der Waals surface area contributed by atoms with Gasteiger partial charge in [-0.05, 0) is 82.4 Å². The van der Waals surface area contributed by atoms with Crippen molar-refractivity contribution in [1.82, 2.24) is 14.8 Å². The van der Waals surface area contributed by atoms with Crippen LogP contribution in [-0.4, -0.2) is 72.4 Å². The summed E-state index contributed by atoms with van der Waals surface area (Å²) in [5.41, 5.74) is 5.10. The largest absolute Gasteiger partial charge is 0.347 e. The molecule has 0 unspecified atom stereocenters. The molecule has 1 aliphatic carbocycles. The Morgan fingerprint density at radius 3 is 2.46 bits per heavy atom. The molecule has 0 N–H and O–H groups in total. The number of piperidine rings is 2. The first-order valence-corrected chi connectivity index (χ1v) is 15.3. The molecule has 0 saturated carbocycles. The maximum absolute atomic E-state index is 13.2. The van der Waals surface area contributed by atoms with E-state index in [1.807, 2.05) is 12.3 Å². The van der Waals surface area contributed by atoms with Gasteiger partial charge in [0.25, 0.3) is 0 Å². The van der Waals surface area contributed by atoms with Crippen LogP contribution in [0.4, 0.5) is 0 Å². The van der Waals surface area contributed by atoms with Crippen LogP contribution in [0.5, 0.6) is 0 Å². The predicted molar refractivity (Wildman–Crippen MR) is 150 cm³/mol. The number of fused-ring (bicyclic) bond motifs is 2. The zero-order valence-corrected chi connectivity index (χ0v) is 24.8. The van der Waals surface area contributed by atoms with Crippen LogP contribution in [0.15, 0.2) is 33.3 Å². The van der Waals surface area contributed by atoms with E-state index in [4.69, 9.17) is 26.1 Å². The summed E-state index contributed by atoms with van der Waals surface area (Å²) in [5.74, 6) is 0.441. The third-order valence-corrected chi connectivity index (χ3v) is 9.88. The molecule has 1 aromatic heterocycles. The molecule has 3 saturated heterocycles. The summed E-state index contributed by atoms with van der Waals surface area (Å²) in [6.45, 7) is 5.11. The molecule has 1 amide bonds. The smallest absolute Gasteiger partial charge is 0.236 e. The average Bonchev–Trinajstić information content (AvgIpc) is 3.28. The standard InChI is InChI=1S/C28H32Br2ClN3O3/c29-21-13-20-2-1-19-14-22(31)15-23(30)25(19)26(27(20)32-16-21)18-3-7-34(8-4-18)24(35)17-33-9-5-28(6-10-33)36-11-12-37-28/h13-16,18,26H,1-12,17H2/t26-/m1/s1. The molecule has 1 aromatic carbocycles. The van der Waals surface area contributed by atoms with Crippen LogP contribution in [0.1, 0.15) is 54.0 Å². The van der Waals surface area contributed by atoms with Crippen LogP contribution >= 0.6 is 43.5 Å². The Balaban J connectivity index is 1.15. The number of likely N-dealkylation sites (tertiary alicyclic amines) is 2. The van der Waals surface area contributed by atoms with Crippen LogP contribution < -0.4 is 0 Å². The van der Waals surface area contributed by atoms with Gasteiger partial charge in [0.05, 0.1) is 25.5 Å². The molecule has 3 fully saturated rings. The quantitative estimate of drug-likeness (QED) is 0.434. The summed E-state index contributed by atoms with van der Waals surface area (Å²) in [6, 6.07) is 6.36. The molecule has 9 heteroatoms. The number of aryl methyl sites for hydroxylation is 2. The molecule has 198 valence electrons. The van der Waals surface area contributed by atoms with E-state index in [0.717, 1.165) is 78.7 Å². The zero-order chi connectivity index (χ0) is 25.6. The normalized spacial score (nSPS) is 24.1. The summed E-state index contributed by atoms with van der Waals surface area (Å²) in [7, 11) is 0. The third-order valence-electron chi connectivity index (χ3n) is 8.57. The number of ether oxygens (including phenoxy) is 2. The second-order valence-electron chi connectivity index (χ2n) is 10.7. The van der Waals surface area contributed by atoms with Crippen molar-refractivity contribution in [2.45, 2.75) is 50.2 Å². The lowest BCUT2D eigenvalue weighted by Crippen LogP contribution is -2.50. The highest BCUT2D eigenvalue weighted by molar-refractivity contribution is 9.10. The molecule has 3 aliphatic heterocycles. The van der Waals surface area contributed by atoms with E-state index < -0.39 is 5.79 Å². The Hall–Kier alpha value is -1.03. The van der Waals surface area contributed by atoms with Crippen molar-refractivity contribution in [2.24, 2.45) is 5.92 Å². The Morgan fingerprint density at radius 1 is 1.03 bits per heavy atom. The number of carbonyl (C=O) groups excluding carboxylic acids is 1. The number of amides is 1. The van der Waals surface area contributed by atoms with Gasteiger partial charge >= 0.3 is 0 Å². The summed E-state index contributed by atoms with van der Waals surface area (Å²) >= 11 is 13.9. The van der Waals surface area contributed by atoms with Gasteiger partial charge in [0.15, 0.2) is 5.79 Å². The fraction of sp³-hybridized carbons (Fsp3) is 0.571. The molecule has 6 nitrogen and oxygen atoms in total. The lowest BCUT2D eigenvalue weighted by atomic mass is 9.76. The Kier molecular flexibility index (Phi) is 7.69. The minimum atomic E-state index is -0.398. The van der Waals surface area contributed by atoms with Crippen molar-refractivity contribution in [3.63, 3.8) is 0 Å². The molecular formula is C28H32Br2ClN3O3. The summed E-state index contributed by atoms with van der Waals surface area (Å²) in [4.78, 5) is 22.5. The van der Waals surface area contributed by atoms with Crippen molar-refractivity contribution in [2.75, 3.05) is 45.9 Å². The highest BCUT2D eigenvalue weighted by Crippen LogP contribution is 2.46. The lowest BCUT2D eigenvalue weighted by Gasteiger charge is -2.40. The minimum Gasteiger partial charge on any atom is -0.347 e. The third kappa shape index (κ3) is 5.39. The molecule has 4 aliphatic rings. The molecule has 1 spiro atoms. The molecule has 0 radical (unpaired) electrons. The topological polar surface area (TPSA) is 54.9 Å². The highest BCUT2D eigenvalue weighted by Gasteiger charge is 2.41. The van der Waals surface area contributed by atoms with Gasteiger partial charge in [-0.2, -0.15) is 0 Å². The van der Waals surface area contributed by atoms with Gasteiger partial charge in [-0.3, -0.25) is 14.7 Å². The number of rotatable bonds is 3. The number of hydrogen-bond acceptors (Lipinski definition) is 5. The van der Waals surface area contributed by atoms with Gasteiger partial charge in [0.2, 0.25) is 5.91 Å². The second-order valence-corrected chi connectivity index (χ2v) is 12.9. The van der Waals surface area contributed by atoms with Gasteiger partial charge in [-0.1, -0.05) is 27.5 Å². The van der Waals surface area contributed by atoms with Crippen molar-refractivity contribution in [1.29, 1.82) is 0 Å². The maximum Gasteiger partial charge on any atom is 0.236 e. The molecule has 1 atom stereocenters. The minimum absolute atomic E-state index is 0.189. The van der Waals surface area contributed by atoms with E-state index in [9.17, 15) is 4.79 Å². The Morgan fingerprint density at radius 2 is 1.73 bits per heavy atom. The average molecular weight is 654 g/mol. The van der Waals surface area contributed by atoms with E-state index >= 15 is 0 Å². The van der Waals surface area contributed by atoms with Crippen molar-refractivity contribution >= 4 is 49.4 Å². The van der Waals surface area contributed by atoms with Gasteiger partial charge in [0, 0.05) is 65.1 Å². The zero-order valence-electron chi connectivity index (χ0n) is 20.9. The van der Waals surface area contributed by atoms with Crippen LogP contribution in [0, 0.1) is 5.92 Å². The number of hydrogen-bond donors (Lipinski definition) is 0. The predicted octanol–water partition coefficient (Wildman–Crippen LogP) is 5.57. The van der Waals surface area contributed by atoms with Gasteiger partial charge in [-0.25, -0.2) is 0 Å². The maximum atomic E-state index is 13.2. The second kappa shape index (κ2) is 10.9. The first-order valence-electron chi connectivity index (χ1n) is 13.3. The molecular weight excluding hydrogens is 622 g/mol. The van der Waals surface area contributed by atoms with Crippen LogP contribution in [-0.2, 0) is 27.1 Å². The van der Waals surface area contributed by atoms with Crippen molar-refractivity contribution in [3.8, 4) is 0 Å². The van der Waals surface area contributed by atoms with E-state index in [0.29, 0.717) is 25.7 Å². The van der Waals surface area contributed by atoms with E-state index in [-0.39, 0.29) is 11.8 Å². The summed E-state index contributed by atoms with van der Waals surface area (Å²) < 4.78 is 13.8. The Bertz CT molecular complexity index is 1170. The Labute approximate surface area is 240 Å². The van der Waals surface area contributed by atoms with Gasteiger partial charge < -0.3 is 14.4 Å². The van der Waals surface area contributed by atoms with E-state index in [1.54, 1.807) is 0 Å². The number of carbonyl (C=O) groups is 1. The summed E-state index contributed by atoms with van der Waals surface area (Å²) in [5, 5.41) is 0.763. The number of halogens is 3. The monoisotopic (exact) mass is 651 g/mol. The number of benzene rings is 1. The first kappa shape index (κ1) is 26.2. The molecule has 6 rings (SSSR count). The highest BCUT2D eigenvalue weighted by atomic mass is 79.9. The van der Waals surface area contributed by atoms with Gasteiger partial charge in [0.1, 0.15) is 0 Å². The molecule has 2 aromatic rings. The number of pyridine rings is 1.